The molecular formula is C19H19N5O4S. The topological polar surface area (TPSA) is 113 Å². The van der Waals surface area contributed by atoms with Crippen molar-refractivity contribution < 1.29 is 19.2 Å². The Morgan fingerprint density at radius 1 is 1.34 bits per heavy atom. The summed E-state index contributed by atoms with van der Waals surface area (Å²) in [6, 6.07) is 4.55. The molecule has 150 valence electrons. The molecule has 2 aliphatic heterocycles. The third-order valence-electron chi connectivity index (χ3n) is 4.99. The van der Waals surface area contributed by atoms with Crippen LogP contribution in [0.1, 0.15) is 28.8 Å². The van der Waals surface area contributed by atoms with Crippen LogP contribution in [-0.2, 0) is 28.0 Å². The van der Waals surface area contributed by atoms with Gasteiger partial charge in [-0.2, -0.15) is 4.99 Å². The third kappa shape index (κ3) is 3.70. The first-order chi connectivity index (χ1) is 13.9. The largest absolute Gasteiger partial charge is 0.376 e. The summed E-state index contributed by atoms with van der Waals surface area (Å²) in [5.74, 6) is -1.35. The summed E-state index contributed by atoms with van der Waals surface area (Å²) < 4.78 is 1.76. The zero-order valence-corrected chi connectivity index (χ0v) is 16.5. The quantitative estimate of drug-likeness (QED) is 0.704. The van der Waals surface area contributed by atoms with Crippen molar-refractivity contribution in [1.82, 2.24) is 14.8 Å². The van der Waals surface area contributed by atoms with Gasteiger partial charge >= 0.3 is 0 Å². The second kappa shape index (κ2) is 7.63. The molecule has 9 nitrogen and oxygen atoms in total. The lowest BCUT2D eigenvalue weighted by atomic mass is 10.0. The van der Waals surface area contributed by atoms with Crippen LogP contribution >= 0.6 is 11.3 Å². The van der Waals surface area contributed by atoms with Crippen LogP contribution in [-0.4, -0.2) is 45.7 Å². The molecule has 1 aromatic carbocycles. The number of nitrogens with one attached hydrogen (secondary N) is 2. The number of thiazole rings is 1. The van der Waals surface area contributed by atoms with Crippen molar-refractivity contribution in [2.45, 2.75) is 25.4 Å². The van der Waals surface area contributed by atoms with E-state index in [9.17, 15) is 19.2 Å². The predicted molar refractivity (Wildman–Crippen MR) is 105 cm³/mol. The van der Waals surface area contributed by atoms with Gasteiger partial charge in [-0.05, 0) is 18.6 Å². The number of fused-ring (bicyclic) bond motifs is 1. The highest BCUT2D eigenvalue weighted by Gasteiger charge is 2.39. The van der Waals surface area contributed by atoms with Gasteiger partial charge in [-0.1, -0.05) is 6.07 Å². The average molecular weight is 413 g/mol. The minimum absolute atomic E-state index is 0.0129. The Balaban J connectivity index is 1.50. The maximum Gasteiger partial charge on any atom is 0.267 e. The molecule has 2 aliphatic rings. The standard InChI is InChI=1S/C19H19N5O4S/c1-23-7-8-29-19(23)22-16(26)9-20-13-4-2-3-11-12(13)10-24(18(11)28)14-5-6-15(25)21-17(14)27/h2-4,7-8,14,20H,5-6,9-10H2,1H3,(H,21,25,27). The normalized spacial score (nSPS) is 19.3. The Labute approximate surface area is 170 Å². The Kier molecular flexibility index (Phi) is 5.01. The zero-order chi connectivity index (χ0) is 20.5. The van der Waals surface area contributed by atoms with Gasteiger partial charge in [0.2, 0.25) is 11.8 Å². The maximum atomic E-state index is 12.8. The van der Waals surface area contributed by atoms with Crippen LogP contribution < -0.4 is 15.4 Å². The van der Waals surface area contributed by atoms with E-state index in [-0.39, 0.29) is 37.2 Å². The molecule has 2 aromatic rings. The lowest BCUT2D eigenvalue weighted by Crippen LogP contribution is -2.52. The van der Waals surface area contributed by atoms with Gasteiger partial charge in [0.05, 0.1) is 6.54 Å². The van der Waals surface area contributed by atoms with E-state index >= 15 is 0 Å². The summed E-state index contributed by atoms with van der Waals surface area (Å²) in [6.45, 7) is 0.232. The van der Waals surface area contributed by atoms with Crippen LogP contribution in [0.3, 0.4) is 0 Å². The number of nitrogens with zero attached hydrogens (tertiary/aromatic N) is 3. The number of carbonyl (C=O) groups excluding carboxylic acids is 4. The van der Waals surface area contributed by atoms with Crippen LogP contribution in [0, 0.1) is 0 Å². The van der Waals surface area contributed by atoms with Gasteiger partial charge in [-0.3, -0.25) is 24.5 Å². The molecule has 0 saturated carbocycles. The van der Waals surface area contributed by atoms with Crippen LogP contribution in [0.2, 0.25) is 0 Å². The van der Waals surface area contributed by atoms with Crippen molar-refractivity contribution in [3.05, 3.63) is 45.7 Å². The number of amides is 4. The second-order valence-electron chi connectivity index (χ2n) is 6.89. The molecule has 29 heavy (non-hydrogen) atoms. The Morgan fingerprint density at radius 2 is 2.17 bits per heavy atom. The molecule has 4 amide bonds. The molecule has 0 spiro atoms. The average Bonchev–Trinajstić information content (AvgIpc) is 3.24. The van der Waals surface area contributed by atoms with Crippen molar-refractivity contribution in [3.63, 3.8) is 0 Å². The highest BCUT2D eigenvalue weighted by molar-refractivity contribution is 7.07. The van der Waals surface area contributed by atoms with E-state index in [1.54, 1.807) is 22.8 Å². The van der Waals surface area contributed by atoms with Crippen LogP contribution in [0.5, 0.6) is 0 Å². The molecule has 0 aliphatic carbocycles. The van der Waals surface area contributed by atoms with Gasteiger partial charge < -0.3 is 14.8 Å². The van der Waals surface area contributed by atoms with Crippen LogP contribution in [0.25, 0.3) is 0 Å². The highest BCUT2D eigenvalue weighted by Crippen LogP contribution is 2.32. The van der Waals surface area contributed by atoms with Crippen molar-refractivity contribution in [3.8, 4) is 0 Å². The molecule has 1 fully saturated rings. The van der Waals surface area contributed by atoms with E-state index in [0.717, 1.165) is 5.56 Å². The molecule has 1 saturated heterocycles. The summed E-state index contributed by atoms with van der Waals surface area (Å²) in [5, 5.41) is 7.19. The molecule has 3 heterocycles. The van der Waals surface area contributed by atoms with E-state index in [0.29, 0.717) is 22.5 Å². The van der Waals surface area contributed by atoms with Crippen molar-refractivity contribution in [2.75, 3.05) is 11.9 Å². The molecular weight excluding hydrogens is 394 g/mol. The number of anilines is 1. The minimum Gasteiger partial charge on any atom is -0.376 e. The Bertz CT molecular complexity index is 1090. The number of hydrogen-bond donors (Lipinski definition) is 2. The van der Waals surface area contributed by atoms with Gasteiger partial charge in [0, 0.05) is 48.4 Å². The first-order valence-corrected chi connectivity index (χ1v) is 10.00. The predicted octanol–water partition coefficient (Wildman–Crippen LogP) is 0.387. The molecule has 0 bridgehead atoms. The van der Waals surface area contributed by atoms with Crippen molar-refractivity contribution in [2.24, 2.45) is 12.0 Å². The molecule has 4 rings (SSSR count). The summed E-state index contributed by atoms with van der Waals surface area (Å²) in [4.78, 5) is 54.7. The molecule has 0 radical (unpaired) electrons. The molecule has 10 heteroatoms. The van der Waals surface area contributed by atoms with Crippen LogP contribution in [0.15, 0.2) is 34.8 Å². The van der Waals surface area contributed by atoms with E-state index in [4.69, 9.17) is 0 Å². The fraction of sp³-hybridized carbons (Fsp3) is 0.316. The number of rotatable bonds is 4. The number of benzene rings is 1. The number of piperidine rings is 1. The monoisotopic (exact) mass is 413 g/mol. The molecule has 1 aromatic heterocycles. The summed E-state index contributed by atoms with van der Waals surface area (Å²) in [6.07, 6.45) is 2.34. The summed E-state index contributed by atoms with van der Waals surface area (Å²) in [7, 11) is 1.81. The lowest BCUT2D eigenvalue weighted by molar-refractivity contribution is -0.137. The smallest absolute Gasteiger partial charge is 0.267 e. The number of carbonyl (C=O) groups is 4. The van der Waals surface area contributed by atoms with Gasteiger partial charge in [0.1, 0.15) is 6.04 Å². The second-order valence-corrected chi connectivity index (χ2v) is 7.76. The van der Waals surface area contributed by atoms with Gasteiger partial charge in [0.15, 0.2) is 4.80 Å². The third-order valence-corrected chi connectivity index (χ3v) is 5.84. The highest BCUT2D eigenvalue weighted by atomic mass is 32.1. The molecule has 1 unspecified atom stereocenters. The molecule has 1 atom stereocenters. The minimum atomic E-state index is -0.670. The lowest BCUT2D eigenvalue weighted by Gasteiger charge is -2.29. The fourth-order valence-corrected chi connectivity index (χ4v) is 4.25. The fourth-order valence-electron chi connectivity index (χ4n) is 3.50. The van der Waals surface area contributed by atoms with E-state index < -0.39 is 11.9 Å². The number of aromatic nitrogens is 1. The Hall–Kier alpha value is -3.27. The number of aryl methyl sites for hydroxylation is 1. The van der Waals surface area contributed by atoms with Gasteiger partial charge in [-0.15, -0.1) is 11.3 Å². The zero-order valence-electron chi connectivity index (χ0n) is 15.7. The Morgan fingerprint density at radius 3 is 2.90 bits per heavy atom. The SMILES string of the molecule is Cn1ccsc1=NC(=O)CNc1cccc2c1CN(C1CCC(=O)NC1=O)C2=O. The first kappa shape index (κ1) is 19.1. The van der Waals surface area contributed by atoms with E-state index in [1.165, 1.54) is 16.2 Å². The van der Waals surface area contributed by atoms with Crippen molar-refractivity contribution in [1.29, 1.82) is 0 Å². The number of imide groups is 1. The van der Waals surface area contributed by atoms with Gasteiger partial charge in [-0.25, -0.2) is 0 Å². The van der Waals surface area contributed by atoms with Gasteiger partial charge in [0.25, 0.3) is 11.8 Å². The number of hydrogen-bond acceptors (Lipinski definition) is 6. The molecule has 2 N–H and O–H groups in total. The van der Waals surface area contributed by atoms with Crippen LogP contribution in [0.4, 0.5) is 5.69 Å². The summed E-state index contributed by atoms with van der Waals surface area (Å²) in [5.41, 5.74) is 1.88. The van der Waals surface area contributed by atoms with E-state index in [1.807, 2.05) is 18.6 Å². The van der Waals surface area contributed by atoms with E-state index in [2.05, 4.69) is 15.6 Å². The first-order valence-electron chi connectivity index (χ1n) is 9.12. The van der Waals surface area contributed by atoms with Crippen molar-refractivity contribution >= 4 is 40.7 Å². The summed E-state index contributed by atoms with van der Waals surface area (Å²) >= 11 is 1.37. The maximum absolute atomic E-state index is 12.8.